The summed E-state index contributed by atoms with van der Waals surface area (Å²) in [7, 11) is 0. The topological polar surface area (TPSA) is 83.5 Å². The summed E-state index contributed by atoms with van der Waals surface area (Å²) in [6.07, 6.45) is 4.99. The molecule has 1 aromatic heterocycles. The summed E-state index contributed by atoms with van der Waals surface area (Å²) in [5.74, 6) is 0.0501. The Morgan fingerprint density at radius 3 is 3.03 bits per heavy atom. The highest BCUT2D eigenvalue weighted by Gasteiger charge is 2.23. The van der Waals surface area contributed by atoms with Gasteiger partial charge in [0.25, 0.3) is 0 Å². The molecule has 0 fully saturated rings. The molecule has 0 amide bonds. The van der Waals surface area contributed by atoms with E-state index in [-0.39, 0.29) is 11.6 Å². The number of hydrogen-bond donors (Lipinski definition) is 3. The third kappa shape index (κ3) is 3.64. The van der Waals surface area contributed by atoms with E-state index in [1.165, 1.54) is 45.6 Å². The highest BCUT2D eigenvalue weighted by molar-refractivity contribution is 5.93. The summed E-state index contributed by atoms with van der Waals surface area (Å²) in [6.45, 7) is 4.39. The number of nitrogens with zero attached hydrogens (tertiary/aromatic N) is 1. The molecule has 3 N–H and O–H groups in total. The number of carboxylic acids is 1. The molecule has 2 aromatic carbocycles. The van der Waals surface area contributed by atoms with Crippen molar-refractivity contribution >= 4 is 11.7 Å². The SMILES string of the molecule is Cc1ccc2c(c1-c1ccc3c(c1)CCN[C@@H]3CNc1cnccc1C(=O)O)CCO2. The molecule has 0 radical (unpaired) electrons. The fourth-order valence-corrected chi connectivity index (χ4v) is 4.72. The van der Waals surface area contributed by atoms with Crippen molar-refractivity contribution in [2.24, 2.45) is 0 Å². The monoisotopic (exact) mass is 415 g/mol. The van der Waals surface area contributed by atoms with Gasteiger partial charge in [0, 0.05) is 30.8 Å². The zero-order chi connectivity index (χ0) is 21.4. The van der Waals surface area contributed by atoms with Gasteiger partial charge in [-0.1, -0.05) is 24.3 Å². The fourth-order valence-electron chi connectivity index (χ4n) is 4.72. The number of aromatic carboxylic acids is 1. The number of ether oxygens (including phenoxy) is 1. The zero-order valence-corrected chi connectivity index (χ0v) is 17.4. The number of benzene rings is 2. The molecule has 0 unspecified atom stereocenters. The molecule has 6 heteroatoms. The van der Waals surface area contributed by atoms with Crippen LogP contribution < -0.4 is 15.4 Å². The van der Waals surface area contributed by atoms with Crippen LogP contribution in [0, 0.1) is 6.92 Å². The van der Waals surface area contributed by atoms with Gasteiger partial charge in [-0.25, -0.2) is 4.79 Å². The Hall–Kier alpha value is -3.38. The van der Waals surface area contributed by atoms with Crippen LogP contribution in [0.25, 0.3) is 11.1 Å². The van der Waals surface area contributed by atoms with E-state index >= 15 is 0 Å². The maximum absolute atomic E-state index is 11.5. The van der Waals surface area contributed by atoms with Crippen LogP contribution >= 0.6 is 0 Å². The van der Waals surface area contributed by atoms with Crippen molar-refractivity contribution in [1.29, 1.82) is 0 Å². The molecule has 0 aliphatic carbocycles. The summed E-state index contributed by atoms with van der Waals surface area (Å²) in [5, 5.41) is 16.2. The lowest BCUT2D eigenvalue weighted by Crippen LogP contribution is -2.34. The highest BCUT2D eigenvalue weighted by Crippen LogP contribution is 2.38. The number of carboxylic acid groups (broad SMARTS) is 1. The van der Waals surface area contributed by atoms with Crippen LogP contribution in [0.1, 0.15) is 38.7 Å². The third-order valence-electron chi connectivity index (χ3n) is 6.23. The second kappa shape index (κ2) is 8.04. The molecule has 3 heterocycles. The van der Waals surface area contributed by atoms with Gasteiger partial charge < -0.3 is 20.5 Å². The molecule has 0 spiro atoms. The normalized spacial score (nSPS) is 16.9. The van der Waals surface area contributed by atoms with Gasteiger partial charge in [-0.3, -0.25) is 4.98 Å². The first-order chi connectivity index (χ1) is 15.1. The lowest BCUT2D eigenvalue weighted by molar-refractivity contribution is 0.0697. The smallest absolute Gasteiger partial charge is 0.337 e. The van der Waals surface area contributed by atoms with Gasteiger partial charge in [-0.15, -0.1) is 0 Å². The van der Waals surface area contributed by atoms with E-state index in [9.17, 15) is 9.90 Å². The average molecular weight is 415 g/mol. The Kier molecular flexibility index (Phi) is 5.08. The summed E-state index contributed by atoms with van der Waals surface area (Å²) in [4.78, 5) is 15.5. The molecule has 2 aliphatic rings. The Morgan fingerprint density at radius 1 is 1.26 bits per heavy atom. The van der Waals surface area contributed by atoms with E-state index < -0.39 is 5.97 Å². The maximum Gasteiger partial charge on any atom is 0.337 e. The second-order valence-electron chi connectivity index (χ2n) is 8.11. The number of aromatic nitrogens is 1. The summed E-state index contributed by atoms with van der Waals surface area (Å²) >= 11 is 0. The van der Waals surface area contributed by atoms with Crippen molar-refractivity contribution < 1.29 is 14.6 Å². The molecule has 158 valence electrons. The van der Waals surface area contributed by atoms with Crippen LogP contribution in [-0.4, -0.2) is 35.8 Å². The first-order valence-corrected chi connectivity index (χ1v) is 10.6. The lowest BCUT2D eigenvalue weighted by atomic mass is 9.87. The van der Waals surface area contributed by atoms with E-state index in [0.717, 1.165) is 31.7 Å². The first-order valence-electron chi connectivity index (χ1n) is 10.6. The molecular weight excluding hydrogens is 390 g/mol. The van der Waals surface area contributed by atoms with E-state index in [1.54, 1.807) is 6.20 Å². The van der Waals surface area contributed by atoms with Gasteiger partial charge in [0.1, 0.15) is 5.75 Å². The van der Waals surface area contributed by atoms with Crippen molar-refractivity contribution in [2.45, 2.75) is 25.8 Å². The van der Waals surface area contributed by atoms with Crippen LogP contribution in [0.2, 0.25) is 0 Å². The maximum atomic E-state index is 11.5. The molecule has 0 saturated carbocycles. The van der Waals surface area contributed by atoms with Crippen molar-refractivity contribution in [3.8, 4) is 16.9 Å². The average Bonchev–Trinajstić information content (AvgIpc) is 3.26. The van der Waals surface area contributed by atoms with Crippen molar-refractivity contribution in [1.82, 2.24) is 10.3 Å². The number of aryl methyl sites for hydroxylation is 1. The highest BCUT2D eigenvalue weighted by atomic mass is 16.5. The molecule has 0 saturated heterocycles. The van der Waals surface area contributed by atoms with Crippen molar-refractivity contribution in [3.05, 3.63) is 76.6 Å². The van der Waals surface area contributed by atoms with Crippen LogP contribution in [0.5, 0.6) is 5.75 Å². The number of fused-ring (bicyclic) bond motifs is 2. The van der Waals surface area contributed by atoms with Crippen molar-refractivity contribution in [2.75, 3.05) is 25.0 Å². The second-order valence-corrected chi connectivity index (χ2v) is 8.11. The summed E-state index contributed by atoms with van der Waals surface area (Å²) in [5.41, 5.74) is 8.49. The Morgan fingerprint density at radius 2 is 2.16 bits per heavy atom. The lowest BCUT2D eigenvalue weighted by Gasteiger charge is -2.28. The number of pyridine rings is 1. The molecule has 3 aromatic rings. The van der Waals surface area contributed by atoms with Gasteiger partial charge in [0.2, 0.25) is 0 Å². The van der Waals surface area contributed by atoms with E-state index in [0.29, 0.717) is 12.2 Å². The summed E-state index contributed by atoms with van der Waals surface area (Å²) in [6, 6.07) is 12.6. The number of hydrogen-bond acceptors (Lipinski definition) is 5. The standard InChI is InChI=1S/C25H25N3O3/c1-15-2-5-23-20(8-11-31-23)24(15)17-3-4-18-16(12-17)6-10-27-22(18)14-28-21-13-26-9-7-19(21)25(29)30/h2-5,7,9,12-13,22,27-28H,6,8,10-11,14H2,1H3,(H,29,30)/t22-/m1/s1. The predicted molar refractivity (Wildman–Crippen MR) is 120 cm³/mol. The molecule has 5 rings (SSSR count). The number of anilines is 1. The first kappa shape index (κ1) is 19.6. The van der Waals surface area contributed by atoms with Gasteiger partial charge in [-0.2, -0.15) is 0 Å². The Labute approximate surface area is 181 Å². The molecular formula is C25H25N3O3. The van der Waals surface area contributed by atoms with Gasteiger partial charge in [0.15, 0.2) is 0 Å². The minimum atomic E-state index is -0.957. The quantitative estimate of drug-likeness (QED) is 0.585. The van der Waals surface area contributed by atoms with E-state index in [1.807, 2.05) is 0 Å². The van der Waals surface area contributed by atoms with Crippen LogP contribution in [0.15, 0.2) is 48.8 Å². The van der Waals surface area contributed by atoms with Crippen molar-refractivity contribution in [3.63, 3.8) is 0 Å². The number of nitrogens with one attached hydrogen (secondary N) is 2. The van der Waals surface area contributed by atoms with E-state index in [4.69, 9.17) is 4.74 Å². The Bertz CT molecular complexity index is 1160. The van der Waals surface area contributed by atoms with Gasteiger partial charge in [0.05, 0.1) is 24.1 Å². The minimum absolute atomic E-state index is 0.102. The minimum Gasteiger partial charge on any atom is -0.493 e. The fraction of sp³-hybridized carbons (Fsp3) is 0.280. The zero-order valence-electron chi connectivity index (χ0n) is 17.4. The molecule has 6 nitrogen and oxygen atoms in total. The largest absolute Gasteiger partial charge is 0.493 e. The van der Waals surface area contributed by atoms with E-state index in [2.05, 4.69) is 52.9 Å². The Balaban J connectivity index is 1.42. The van der Waals surface area contributed by atoms with Crippen LogP contribution in [0.4, 0.5) is 5.69 Å². The molecule has 0 bridgehead atoms. The predicted octanol–water partition coefficient (Wildman–Crippen LogP) is 3.99. The van der Waals surface area contributed by atoms with Crippen LogP contribution in [0.3, 0.4) is 0 Å². The summed E-state index contributed by atoms with van der Waals surface area (Å²) < 4.78 is 5.78. The van der Waals surface area contributed by atoms with Crippen LogP contribution in [-0.2, 0) is 12.8 Å². The van der Waals surface area contributed by atoms with Gasteiger partial charge >= 0.3 is 5.97 Å². The van der Waals surface area contributed by atoms with Gasteiger partial charge in [-0.05, 0) is 59.8 Å². The molecule has 1 atom stereocenters. The number of rotatable bonds is 5. The third-order valence-corrected chi connectivity index (χ3v) is 6.23. The molecule has 31 heavy (non-hydrogen) atoms. The molecule has 2 aliphatic heterocycles. The number of carbonyl (C=O) groups is 1.